The van der Waals surface area contributed by atoms with Crippen LogP contribution in [0.15, 0.2) is 42.5 Å². The molecule has 2 aromatic carbocycles. The van der Waals surface area contributed by atoms with Crippen molar-refractivity contribution in [3.8, 4) is 17.2 Å². The Morgan fingerprint density at radius 3 is 2.59 bits per heavy atom. The van der Waals surface area contributed by atoms with E-state index in [1.807, 2.05) is 6.07 Å². The summed E-state index contributed by atoms with van der Waals surface area (Å²) in [6.45, 7) is 1.28. The number of para-hydroxylation sites is 2. The summed E-state index contributed by atoms with van der Waals surface area (Å²) in [6.07, 6.45) is -0.720. The molecule has 0 aliphatic carbocycles. The van der Waals surface area contributed by atoms with Crippen molar-refractivity contribution in [3.63, 3.8) is 0 Å². The van der Waals surface area contributed by atoms with Gasteiger partial charge in [0.2, 0.25) is 11.8 Å². The first-order chi connectivity index (χ1) is 15.5. The van der Waals surface area contributed by atoms with Gasteiger partial charge in [0.1, 0.15) is 19.0 Å². The molecule has 1 N–H and O–H groups in total. The molecule has 5 rings (SSSR count). The standard InChI is InChI=1S/C23H23N3O6/c1-24-22(28)20-13-26(16-4-2-3-5-17(16)32-20)23(29)14-10-21(27)25(12-14)15-6-7-18-19(11-15)31-9-8-30-18/h2-7,11,14,20H,8-10,12-13H2,1H3,(H,24,28)/t14-,20+/m0/s1. The van der Waals surface area contributed by atoms with E-state index in [1.54, 1.807) is 46.2 Å². The molecule has 0 unspecified atom stereocenters. The zero-order valence-corrected chi connectivity index (χ0v) is 17.6. The predicted molar refractivity (Wildman–Crippen MR) is 115 cm³/mol. The molecule has 2 aromatic rings. The molecule has 3 aliphatic heterocycles. The lowest BCUT2D eigenvalue weighted by molar-refractivity contribution is -0.128. The molecule has 166 valence electrons. The maximum absolute atomic E-state index is 13.5. The third kappa shape index (κ3) is 3.49. The number of carbonyl (C=O) groups excluding carboxylic acids is 3. The third-order valence-corrected chi connectivity index (χ3v) is 5.89. The van der Waals surface area contributed by atoms with Crippen molar-refractivity contribution in [2.45, 2.75) is 12.5 Å². The molecule has 1 saturated heterocycles. The van der Waals surface area contributed by atoms with Crippen LogP contribution >= 0.6 is 0 Å². The molecular weight excluding hydrogens is 414 g/mol. The Hall–Kier alpha value is -3.75. The van der Waals surface area contributed by atoms with E-state index in [0.717, 1.165) is 0 Å². The quantitative estimate of drug-likeness (QED) is 0.779. The molecule has 0 aromatic heterocycles. The van der Waals surface area contributed by atoms with Crippen LogP contribution in [0.4, 0.5) is 11.4 Å². The van der Waals surface area contributed by atoms with E-state index in [9.17, 15) is 14.4 Å². The highest BCUT2D eigenvalue weighted by atomic mass is 16.6. The molecule has 2 atom stereocenters. The first-order valence-electron chi connectivity index (χ1n) is 10.5. The number of anilines is 2. The molecule has 3 aliphatic rings. The predicted octanol–water partition coefficient (Wildman–Crippen LogP) is 1.35. The molecule has 9 nitrogen and oxygen atoms in total. The van der Waals surface area contributed by atoms with Gasteiger partial charge in [-0.1, -0.05) is 12.1 Å². The van der Waals surface area contributed by atoms with Gasteiger partial charge in [-0.15, -0.1) is 0 Å². The zero-order chi connectivity index (χ0) is 22.2. The van der Waals surface area contributed by atoms with Gasteiger partial charge in [0.15, 0.2) is 17.6 Å². The van der Waals surface area contributed by atoms with E-state index in [1.165, 1.54) is 7.05 Å². The second-order valence-electron chi connectivity index (χ2n) is 7.87. The summed E-state index contributed by atoms with van der Waals surface area (Å²) in [5.41, 5.74) is 1.27. The van der Waals surface area contributed by atoms with Crippen LogP contribution in [0.2, 0.25) is 0 Å². The van der Waals surface area contributed by atoms with Gasteiger partial charge >= 0.3 is 0 Å². The van der Waals surface area contributed by atoms with Crippen molar-refractivity contribution in [2.24, 2.45) is 5.92 Å². The normalized spacial score (nSPS) is 21.6. The van der Waals surface area contributed by atoms with Crippen LogP contribution in [0.1, 0.15) is 6.42 Å². The van der Waals surface area contributed by atoms with E-state index in [0.29, 0.717) is 41.8 Å². The number of likely N-dealkylation sites (N-methyl/N-ethyl adjacent to an activating group) is 1. The smallest absolute Gasteiger partial charge is 0.262 e. The highest BCUT2D eigenvalue weighted by molar-refractivity contribution is 6.05. The van der Waals surface area contributed by atoms with Crippen LogP contribution in [0.25, 0.3) is 0 Å². The molecule has 0 spiro atoms. The molecular formula is C23H23N3O6. The Morgan fingerprint density at radius 2 is 1.78 bits per heavy atom. The average Bonchev–Trinajstić information content (AvgIpc) is 3.23. The summed E-state index contributed by atoms with van der Waals surface area (Å²) < 4.78 is 17.0. The van der Waals surface area contributed by atoms with Crippen LogP contribution in [0, 0.1) is 5.92 Å². The number of nitrogens with zero attached hydrogens (tertiary/aromatic N) is 2. The lowest BCUT2D eigenvalue weighted by atomic mass is 10.0. The van der Waals surface area contributed by atoms with Crippen molar-refractivity contribution in [1.82, 2.24) is 5.32 Å². The largest absolute Gasteiger partial charge is 0.486 e. The van der Waals surface area contributed by atoms with Gasteiger partial charge in [-0.2, -0.15) is 0 Å². The minimum atomic E-state index is -0.815. The number of carbonyl (C=O) groups is 3. The van der Waals surface area contributed by atoms with Gasteiger partial charge in [0, 0.05) is 31.8 Å². The zero-order valence-electron chi connectivity index (χ0n) is 17.6. The number of amides is 3. The Labute approximate surface area is 184 Å². The van der Waals surface area contributed by atoms with E-state index >= 15 is 0 Å². The Kier molecular flexibility index (Phi) is 5.08. The number of rotatable bonds is 3. The van der Waals surface area contributed by atoms with Crippen LogP contribution in [-0.4, -0.2) is 57.2 Å². The second-order valence-corrected chi connectivity index (χ2v) is 7.87. The van der Waals surface area contributed by atoms with Crippen molar-refractivity contribution < 1.29 is 28.6 Å². The van der Waals surface area contributed by atoms with E-state index in [4.69, 9.17) is 14.2 Å². The monoisotopic (exact) mass is 437 g/mol. The van der Waals surface area contributed by atoms with Crippen LogP contribution in [0.3, 0.4) is 0 Å². The van der Waals surface area contributed by atoms with Crippen molar-refractivity contribution >= 4 is 29.1 Å². The van der Waals surface area contributed by atoms with E-state index in [-0.39, 0.29) is 37.2 Å². The molecule has 0 bridgehead atoms. The maximum Gasteiger partial charge on any atom is 0.262 e. The number of benzene rings is 2. The Morgan fingerprint density at radius 1 is 1.00 bits per heavy atom. The minimum Gasteiger partial charge on any atom is -0.486 e. The van der Waals surface area contributed by atoms with Gasteiger partial charge in [0.05, 0.1) is 18.2 Å². The van der Waals surface area contributed by atoms with Crippen molar-refractivity contribution in [1.29, 1.82) is 0 Å². The molecule has 3 amide bonds. The first kappa shape index (κ1) is 20.2. The number of fused-ring (bicyclic) bond motifs is 2. The molecule has 0 saturated carbocycles. The van der Waals surface area contributed by atoms with Gasteiger partial charge in [0.25, 0.3) is 5.91 Å². The minimum absolute atomic E-state index is 0.0875. The van der Waals surface area contributed by atoms with Crippen LogP contribution < -0.4 is 29.3 Å². The number of nitrogens with one attached hydrogen (secondary N) is 1. The summed E-state index contributed by atoms with van der Waals surface area (Å²) in [5, 5.41) is 2.57. The highest BCUT2D eigenvalue weighted by Crippen LogP contribution is 2.38. The summed E-state index contributed by atoms with van der Waals surface area (Å²) in [7, 11) is 1.53. The van der Waals surface area contributed by atoms with E-state index in [2.05, 4.69) is 5.32 Å². The SMILES string of the molecule is CNC(=O)[C@H]1CN(C(=O)[C@H]2CC(=O)N(c3ccc4c(c3)OCCO4)C2)c2ccccc2O1. The van der Waals surface area contributed by atoms with Crippen LogP contribution in [-0.2, 0) is 14.4 Å². The topological polar surface area (TPSA) is 97.4 Å². The van der Waals surface area contributed by atoms with Crippen molar-refractivity contribution in [3.05, 3.63) is 42.5 Å². The fraction of sp³-hybridized carbons (Fsp3) is 0.348. The lowest BCUT2D eigenvalue weighted by Crippen LogP contribution is -2.51. The fourth-order valence-electron chi connectivity index (χ4n) is 4.28. The summed E-state index contributed by atoms with van der Waals surface area (Å²) in [5.74, 6) is 0.516. The Balaban J connectivity index is 1.38. The Bertz CT molecular complexity index is 1090. The number of ether oxygens (including phenoxy) is 3. The van der Waals surface area contributed by atoms with Crippen LogP contribution in [0.5, 0.6) is 17.2 Å². The van der Waals surface area contributed by atoms with Gasteiger partial charge in [-0.05, 0) is 24.3 Å². The van der Waals surface area contributed by atoms with Gasteiger partial charge in [-0.25, -0.2) is 0 Å². The summed E-state index contributed by atoms with van der Waals surface area (Å²) in [4.78, 5) is 41.7. The average molecular weight is 437 g/mol. The maximum atomic E-state index is 13.5. The van der Waals surface area contributed by atoms with Crippen molar-refractivity contribution in [2.75, 3.05) is 43.2 Å². The second kappa shape index (κ2) is 8.07. The number of hydrogen-bond acceptors (Lipinski definition) is 6. The third-order valence-electron chi connectivity index (χ3n) is 5.89. The summed E-state index contributed by atoms with van der Waals surface area (Å²) >= 11 is 0. The number of hydrogen-bond donors (Lipinski definition) is 1. The van der Waals surface area contributed by atoms with Gasteiger partial charge < -0.3 is 29.3 Å². The molecule has 9 heteroatoms. The van der Waals surface area contributed by atoms with Gasteiger partial charge in [-0.3, -0.25) is 14.4 Å². The fourth-order valence-corrected chi connectivity index (χ4v) is 4.28. The lowest BCUT2D eigenvalue weighted by Gasteiger charge is -2.35. The molecule has 1 fully saturated rings. The highest BCUT2D eigenvalue weighted by Gasteiger charge is 2.41. The molecule has 3 heterocycles. The van der Waals surface area contributed by atoms with E-state index < -0.39 is 12.0 Å². The summed E-state index contributed by atoms with van der Waals surface area (Å²) in [6, 6.07) is 12.4. The first-order valence-corrected chi connectivity index (χ1v) is 10.5. The molecule has 32 heavy (non-hydrogen) atoms. The molecule has 0 radical (unpaired) electrons.